The van der Waals surface area contributed by atoms with E-state index in [-0.39, 0.29) is 17.7 Å². The van der Waals surface area contributed by atoms with E-state index in [1.54, 1.807) is 0 Å². The van der Waals surface area contributed by atoms with Crippen molar-refractivity contribution >= 4 is 17.6 Å². The fourth-order valence-electron chi connectivity index (χ4n) is 5.30. The van der Waals surface area contributed by atoms with Gasteiger partial charge in [0.2, 0.25) is 5.91 Å². The van der Waals surface area contributed by atoms with Crippen molar-refractivity contribution in [3.63, 3.8) is 0 Å². The number of amides is 1. The van der Waals surface area contributed by atoms with Crippen molar-refractivity contribution in [3.8, 4) is 0 Å². The number of anilines is 1. The molecule has 1 amide bonds. The number of rotatable bonds is 2. The molecule has 4 nitrogen and oxygen atoms in total. The highest BCUT2D eigenvalue weighted by atomic mass is 16.4. The first-order valence-corrected chi connectivity index (χ1v) is 8.47. The van der Waals surface area contributed by atoms with E-state index in [1.807, 2.05) is 23.1 Å². The second kappa shape index (κ2) is 4.47. The number of carboxylic acid groups (broad SMARTS) is 1. The average Bonchev–Trinajstić information content (AvgIpc) is 3.28. The summed E-state index contributed by atoms with van der Waals surface area (Å²) in [6.07, 6.45) is 6.15. The molecule has 5 aliphatic rings. The van der Waals surface area contributed by atoms with Crippen LogP contribution in [0.2, 0.25) is 0 Å². The number of nitrogens with zero attached hydrogens (tertiary/aromatic N) is 1. The van der Waals surface area contributed by atoms with Crippen LogP contribution in [0.15, 0.2) is 36.4 Å². The zero-order valence-electron chi connectivity index (χ0n) is 12.8. The van der Waals surface area contributed by atoms with Crippen molar-refractivity contribution in [2.75, 3.05) is 11.4 Å². The molecular formula is C19H19NO3. The fraction of sp³-hybridized carbons (Fsp3) is 0.474. The van der Waals surface area contributed by atoms with E-state index in [9.17, 15) is 14.7 Å². The molecule has 2 fully saturated rings. The van der Waals surface area contributed by atoms with E-state index in [2.05, 4.69) is 18.2 Å². The smallest absolute Gasteiger partial charge is 0.307 e. The number of para-hydroxylation sites is 1. The van der Waals surface area contributed by atoms with Crippen molar-refractivity contribution in [2.24, 2.45) is 35.5 Å². The molecule has 4 heteroatoms. The first kappa shape index (κ1) is 13.3. The number of hydrogen-bond donors (Lipinski definition) is 1. The first-order valence-electron chi connectivity index (χ1n) is 8.47. The predicted molar refractivity (Wildman–Crippen MR) is 84.8 cm³/mol. The summed E-state index contributed by atoms with van der Waals surface area (Å²) >= 11 is 0. The van der Waals surface area contributed by atoms with E-state index in [0.29, 0.717) is 18.4 Å². The number of aliphatic carboxylic acids is 1. The fourth-order valence-corrected chi connectivity index (χ4v) is 5.30. The van der Waals surface area contributed by atoms with E-state index >= 15 is 0 Å². The molecule has 4 aliphatic carbocycles. The van der Waals surface area contributed by atoms with Crippen LogP contribution in [-0.2, 0) is 16.0 Å². The SMILES string of the molecule is O=C(O)[C@H]1[C@H]2C=C[C@@H]([C@@H]3C[C@H]23)[C@@H]1C(=O)N1CCc2ccccc21. The third-order valence-electron chi connectivity index (χ3n) is 6.38. The van der Waals surface area contributed by atoms with Crippen LogP contribution < -0.4 is 4.90 Å². The number of carbonyl (C=O) groups is 2. The standard InChI is InChI=1S/C19H19NO3/c21-18(20-8-7-10-3-1-2-4-15(10)20)16-11-5-6-12(14-9-13(11)14)17(16)19(22)23/h1-6,11-14,16-17H,7-9H2,(H,22,23)/t11-,12-,13-,14+,16-,17-/m0/s1. The number of hydrogen-bond acceptors (Lipinski definition) is 2. The molecule has 1 aromatic rings. The zero-order chi connectivity index (χ0) is 15.7. The maximum absolute atomic E-state index is 13.3. The quantitative estimate of drug-likeness (QED) is 0.853. The Morgan fingerprint density at radius 3 is 2.48 bits per heavy atom. The molecule has 0 spiro atoms. The molecule has 0 unspecified atom stereocenters. The van der Waals surface area contributed by atoms with Crippen molar-refractivity contribution < 1.29 is 14.7 Å². The number of carboxylic acids is 1. The largest absolute Gasteiger partial charge is 0.481 e. The Morgan fingerprint density at radius 2 is 1.74 bits per heavy atom. The molecule has 2 bridgehead atoms. The lowest BCUT2D eigenvalue weighted by molar-refractivity contribution is -0.152. The third-order valence-corrected chi connectivity index (χ3v) is 6.38. The molecule has 1 aliphatic heterocycles. The number of fused-ring (bicyclic) bond motifs is 2. The summed E-state index contributed by atoms with van der Waals surface area (Å²) in [5.41, 5.74) is 2.16. The molecular weight excluding hydrogens is 290 g/mol. The van der Waals surface area contributed by atoms with Gasteiger partial charge in [0.05, 0.1) is 11.8 Å². The average molecular weight is 309 g/mol. The minimum absolute atomic E-state index is 0.0204. The number of carbonyl (C=O) groups excluding carboxylic acids is 1. The van der Waals surface area contributed by atoms with Crippen LogP contribution in [0.3, 0.4) is 0 Å². The van der Waals surface area contributed by atoms with E-state index in [4.69, 9.17) is 0 Å². The first-order chi connectivity index (χ1) is 11.2. The highest BCUT2D eigenvalue weighted by Gasteiger charge is 2.63. The molecule has 2 saturated carbocycles. The molecule has 1 aromatic carbocycles. The summed E-state index contributed by atoms with van der Waals surface area (Å²) in [7, 11) is 0. The normalized spacial score (nSPS) is 39.0. The molecule has 0 aromatic heterocycles. The van der Waals surface area contributed by atoms with Gasteiger partial charge in [0.1, 0.15) is 0 Å². The summed E-state index contributed by atoms with van der Waals surface area (Å²) in [5, 5.41) is 9.75. The highest BCUT2D eigenvalue weighted by molar-refractivity contribution is 5.99. The van der Waals surface area contributed by atoms with Gasteiger partial charge in [-0.15, -0.1) is 0 Å². The van der Waals surface area contributed by atoms with Crippen molar-refractivity contribution in [1.82, 2.24) is 0 Å². The van der Waals surface area contributed by atoms with Crippen LogP contribution in [0, 0.1) is 35.5 Å². The Hall–Kier alpha value is -2.10. The minimum atomic E-state index is -0.805. The highest BCUT2D eigenvalue weighted by Crippen LogP contribution is 2.64. The lowest BCUT2D eigenvalue weighted by Crippen LogP contribution is -2.51. The minimum Gasteiger partial charge on any atom is -0.481 e. The molecule has 0 saturated heterocycles. The van der Waals surface area contributed by atoms with Crippen LogP contribution in [0.4, 0.5) is 5.69 Å². The summed E-state index contributed by atoms with van der Waals surface area (Å²) in [4.78, 5) is 27.0. The zero-order valence-corrected chi connectivity index (χ0v) is 12.8. The molecule has 118 valence electrons. The van der Waals surface area contributed by atoms with Gasteiger partial charge in [-0.25, -0.2) is 0 Å². The van der Waals surface area contributed by atoms with Crippen molar-refractivity contribution in [1.29, 1.82) is 0 Å². The van der Waals surface area contributed by atoms with Gasteiger partial charge in [0.15, 0.2) is 0 Å². The van der Waals surface area contributed by atoms with Gasteiger partial charge in [0.25, 0.3) is 0 Å². The summed E-state index contributed by atoms with van der Waals surface area (Å²) in [5.74, 6) is -0.520. The van der Waals surface area contributed by atoms with Crippen LogP contribution in [0.25, 0.3) is 0 Å². The van der Waals surface area contributed by atoms with Gasteiger partial charge in [-0.05, 0) is 48.1 Å². The summed E-state index contributed by atoms with van der Waals surface area (Å²) in [6, 6.07) is 7.98. The lowest BCUT2D eigenvalue weighted by Gasteiger charge is -2.43. The second-order valence-electron chi connectivity index (χ2n) is 7.36. The topological polar surface area (TPSA) is 57.6 Å². The molecule has 23 heavy (non-hydrogen) atoms. The Morgan fingerprint density at radius 1 is 1.04 bits per heavy atom. The monoisotopic (exact) mass is 309 g/mol. The van der Waals surface area contributed by atoms with Crippen LogP contribution in [0.5, 0.6) is 0 Å². The molecule has 6 rings (SSSR count). The van der Waals surface area contributed by atoms with Crippen molar-refractivity contribution in [2.45, 2.75) is 12.8 Å². The van der Waals surface area contributed by atoms with Gasteiger partial charge < -0.3 is 10.0 Å². The predicted octanol–water partition coefficient (Wildman–Crippen LogP) is 2.34. The third kappa shape index (κ3) is 1.72. The maximum Gasteiger partial charge on any atom is 0.307 e. The number of allylic oxidation sites excluding steroid dienone is 2. The Kier molecular flexibility index (Phi) is 2.59. The van der Waals surface area contributed by atoms with Gasteiger partial charge >= 0.3 is 5.97 Å². The van der Waals surface area contributed by atoms with E-state index in [0.717, 1.165) is 18.5 Å². The second-order valence-corrected chi connectivity index (χ2v) is 7.36. The molecule has 1 heterocycles. The summed E-state index contributed by atoms with van der Waals surface area (Å²) in [6.45, 7) is 0.677. The lowest BCUT2D eigenvalue weighted by atomic mass is 9.62. The molecule has 1 N–H and O–H groups in total. The molecule has 0 radical (unpaired) electrons. The van der Waals surface area contributed by atoms with Crippen LogP contribution >= 0.6 is 0 Å². The van der Waals surface area contributed by atoms with Crippen LogP contribution in [-0.4, -0.2) is 23.5 Å². The Balaban J connectivity index is 1.52. The van der Waals surface area contributed by atoms with Crippen LogP contribution in [0.1, 0.15) is 12.0 Å². The van der Waals surface area contributed by atoms with Crippen molar-refractivity contribution in [3.05, 3.63) is 42.0 Å². The molecule has 6 atom stereocenters. The van der Waals surface area contributed by atoms with E-state index < -0.39 is 17.8 Å². The van der Waals surface area contributed by atoms with E-state index in [1.165, 1.54) is 5.56 Å². The summed E-state index contributed by atoms with van der Waals surface area (Å²) < 4.78 is 0. The Bertz CT molecular complexity index is 740. The number of benzene rings is 1. The van der Waals surface area contributed by atoms with Gasteiger partial charge in [-0.1, -0.05) is 30.4 Å². The Labute approximate surface area is 134 Å². The van der Waals surface area contributed by atoms with Gasteiger partial charge in [0, 0.05) is 12.2 Å². The van der Waals surface area contributed by atoms with Gasteiger partial charge in [-0.3, -0.25) is 9.59 Å². The maximum atomic E-state index is 13.3. The van der Waals surface area contributed by atoms with Gasteiger partial charge in [-0.2, -0.15) is 0 Å².